The molecule has 0 bridgehead atoms. The van der Waals surface area contributed by atoms with Gasteiger partial charge in [0, 0.05) is 25.3 Å². The molecule has 19 heavy (non-hydrogen) atoms. The van der Waals surface area contributed by atoms with Gasteiger partial charge in [0.1, 0.15) is 0 Å². The molecule has 0 spiro atoms. The maximum atomic E-state index is 12.3. The Bertz CT molecular complexity index is 429. The molecule has 0 fully saturated rings. The second-order valence-corrected chi connectivity index (χ2v) is 5.49. The number of carbonyl (C=O) groups is 1. The van der Waals surface area contributed by atoms with Gasteiger partial charge in [0.05, 0.1) is 6.61 Å². The number of hydrogen-bond donors (Lipinski definition) is 0. The van der Waals surface area contributed by atoms with Crippen molar-refractivity contribution >= 4 is 5.91 Å². The summed E-state index contributed by atoms with van der Waals surface area (Å²) in [4.78, 5) is 14.2. The van der Waals surface area contributed by atoms with Crippen LogP contribution in [0.5, 0.6) is 0 Å². The van der Waals surface area contributed by atoms with E-state index in [4.69, 9.17) is 4.74 Å². The Labute approximate surface area is 115 Å². The van der Waals surface area contributed by atoms with Gasteiger partial charge in [-0.3, -0.25) is 4.79 Å². The highest BCUT2D eigenvalue weighted by molar-refractivity contribution is 5.96. The molecule has 0 unspecified atom stereocenters. The molecule has 0 aromatic heterocycles. The van der Waals surface area contributed by atoms with Crippen LogP contribution in [0.4, 0.5) is 0 Å². The average Bonchev–Trinajstić information content (AvgIpc) is 2.41. The van der Waals surface area contributed by atoms with E-state index in [-0.39, 0.29) is 5.91 Å². The van der Waals surface area contributed by atoms with Crippen LogP contribution >= 0.6 is 0 Å². The number of fused-ring (bicyclic) bond motifs is 1. The van der Waals surface area contributed by atoms with E-state index in [1.54, 1.807) is 0 Å². The number of amides is 1. The molecule has 0 radical (unpaired) electrons. The summed E-state index contributed by atoms with van der Waals surface area (Å²) in [5, 5.41) is 0. The Morgan fingerprint density at radius 2 is 2.05 bits per heavy atom. The quantitative estimate of drug-likeness (QED) is 0.737. The Morgan fingerprint density at radius 3 is 2.84 bits per heavy atom. The van der Waals surface area contributed by atoms with Crippen molar-refractivity contribution < 1.29 is 9.53 Å². The van der Waals surface area contributed by atoms with Crippen LogP contribution in [0.3, 0.4) is 0 Å². The lowest BCUT2D eigenvalue weighted by Gasteiger charge is -2.28. The molecule has 1 aliphatic heterocycles. The summed E-state index contributed by atoms with van der Waals surface area (Å²) in [5.74, 6) is 0.817. The van der Waals surface area contributed by atoms with Crippen molar-refractivity contribution in [3.63, 3.8) is 0 Å². The van der Waals surface area contributed by atoms with Gasteiger partial charge in [-0.1, -0.05) is 32.0 Å². The fourth-order valence-corrected chi connectivity index (χ4v) is 2.28. The van der Waals surface area contributed by atoms with E-state index in [9.17, 15) is 4.79 Å². The fourth-order valence-electron chi connectivity index (χ4n) is 2.28. The lowest BCUT2D eigenvalue weighted by molar-refractivity contribution is 0.0611. The monoisotopic (exact) mass is 261 g/mol. The summed E-state index contributed by atoms with van der Waals surface area (Å²) in [6.45, 7) is 7.31. The van der Waals surface area contributed by atoms with Gasteiger partial charge < -0.3 is 9.64 Å². The average molecular weight is 261 g/mol. The van der Waals surface area contributed by atoms with E-state index in [1.165, 1.54) is 5.56 Å². The van der Waals surface area contributed by atoms with Gasteiger partial charge in [-0.05, 0) is 30.4 Å². The molecule has 1 aromatic rings. The van der Waals surface area contributed by atoms with E-state index in [0.29, 0.717) is 19.1 Å². The van der Waals surface area contributed by atoms with E-state index in [2.05, 4.69) is 13.8 Å². The van der Waals surface area contributed by atoms with Gasteiger partial charge in [0.2, 0.25) is 0 Å². The van der Waals surface area contributed by atoms with Gasteiger partial charge >= 0.3 is 0 Å². The van der Waals surface area contributed by atoms with Crippen LogP contribution in [-0.4, -0.2) is 37.1 Å². The lowest BCUT2D eigenvalue weighted by Crippen LogP contribution is -2.39. The molecule has 0 aliphatic carbocycles. The minimum atomic E-state index is 0.148. The molecule has 2 rings (SSSR count). The number of ether oxygens (including phenoxy) is 1. The zero-order valence-corrected chi connectivity index (χ0v) is 11.9. The normalized spacial score (nSPS) is 14.9. The Kier molecular flexibility index (Phi) is 4.97. The number of nitrogens with zero attached hydrogens (tertiary/aromatic N) is 1. The third-order valence-electron chi connectivity index (χ3n) is 3.53. The third-order valence-corrected chi connectivity index (χ3v) is 3.53. The van der Waals surface area contributed by atoms with Crippen molar-refractivity contribution in [2.75, 3.05) is 26.3 Å². The molecule has 0 saturated carbocycles. The maximum absolute atomic E-state index is 12.3. The van der Waals surface area contributed by atoms with Crippen molar-refractivity contribution in [1.82, 2.24) is 4.90 Å². The molecule has 1 amide bonds. The first-order valence-corrected chi connectivity index (χ1v) is 7.13. The molecule has 0 N–H and O–H groups in total. The highest BCUT2D eigenvalue weighted by atomic mass is 16.5. The Balaban J connectivity index is 1.79. The van der Waals surface area contributed by atoms with Crippen molar-refractivity contribution in [3.8, 4) is 0 Å². The zero-order chi connectivity index (χ0) is 13.7. The second kappa shape index (κ2) is 6.71. The van der Waals surface area contributed by atoms with Crippen molar-refractivity contribution in [2.24, 2.45) is 5.92 Å². The summed E-state index contributed by atoms with van der Waals surface area (Å²) in [7, 11) is 0. The van der Waals surface area contributed by atoms with Crippen molar-refractivity contribution in [2.45, 2.75) is 26.7 Å². The predicted molar refractivity (Wildman–Crippen MR) is 76.3 cm³/mol. The molecule has 1 aromatic carbocycles. The van der Waals surface area contributed by atoms with Crippen LogP contribution in [0.2, 0.25) is 0 Å². The molecular formula is C16H23NO2. The number of rotatable bonds is 6. The van der Waals surface area contributed by atoms with Crippen LogP contribution in [0, 0.1) is 5.92 Å². The van der Waals surface area contributed by atoms with Crippen LogP contribution in [0.25, 0.3) is 0 Å². The summed E-state index contributed by atoms with van der Waals surface area (Å²) in [6, 6.07) is 7.89. The number of carbonyl (C=O) groups excluding carboxylic acids is 1. The molecule has 0 saturated heterocycles. The standard InChI is InChI=1S/C16H23NO2/c1-13(2)8-11-19-12-10-17-9-7-14-5-3-4-6-15(14)16(17)18/h3-6,13H,7-12H2,1-2H3. The molecule has 3 nitrogen and oxygen atoms in total. The first-order valence-electron chi connectivity index (χ1n) is 7.13. The summed E-state index contributed by atoms with van der Waals surface area (Å²) < 4.78 is 5.59. The largest absolute Gasteiger partial charge is 0.380 e. The van der Waals surface area contributed by atoms with Crippen LogP contribution in [0.15, 0.2) is 24.3 Å². The SMILES string of the molecule is CC(C)CCOCCN1CCc2ccccc2C1=O. The van der Waals surface area contributed by atoms with E-state index >= 15 is 0 Å². The molecule has 1 heterocycles. The highest BCUT2D eigenvalue weighted by Crippen LogP contribution is 2.18. The van der Waals surface area contributed by atoms with Crippen molar-refractivity contribution in [1.29, 1.82) is 0 Å². The third kappa shape index (κ3) is 3.80. The summed E-state index contributed by atoms with van der Waals surface area (Å²) >= 11 is 0. The fraction of sp³-hybridized carbons (Fsp3) is 0.562. The zero-order valence-electron chi connectivity index (χ0n) is 11.9. The number of benzene rings is 1. The van der Waals surface area contributed by atoms with Crippen molar-refractivity contribution in [3.05, 3.63) is 35.4 Å². The van der Waals surface area contributed by atoms with Crippen LogP contribution in [-0.2, 0) is 11.2 Å². The summed E-state index contributed by atoms with van der Waals surface area (Å²) in [5.41, 5.74) is 2.03. The van der Waals surface area contributed by atoms with Gasteiger partial charge in [0.15, 0.2) is 0 Å². The van der Waals surface area contributed by atoms with Gasteiger partial charge in [-0.15, -0.1) is 0 Å². The smallest absolute Gasteiger partial charge is 0.254 e. The minimum absolute atomic E-state index is 0.148. The topological polar surface area (TPSA) is 29.5 Å². The maximum Gasteiger partial charge on any atom is 0.254 e. The lowest BCUT2D eigenvalue weighted by atomic mass is 9.99. The van der Waals surface area contributed by atoms with E-state index in [0.717, 1.165) is 31.6 Å². The Morgan fingerprint density at radius 1 is 1.26 bits per heavy atom. The van der Waals surface area contributed by atoms with E-state index < -0.39 is 0 Å². The van der Waals surface area contributed by atoms with Gasteiger partial charge in [0.25, 0.3) is 5.91 Å². The van der Waals surface area contributed by atoms with Crippen LogP contribution in [0.1, 0.15) is 36.2 Å². The summed E-state index contributed by atoms with van der Waals surface area (Å²) in [6.07, 6.45) is 2.03. The number of hydrogen-bond acceptors (Lipinski definition) is 2. The predicted octanol–water partition coefficient (Wildman–Crippen LogP) is 2.75. The molecule has 104 valence electrons. The Hall–Kier alpha value is -1.35. The first-order chi connectivity index (χ1) is 9.18. The first kappa shape index (κ1) is 14.1. The molecule has 1 aliphatic rings. The van der Waals surface area contributed by atoms with Crippen LogP contribution < -0.4 is 0 Å². The second-order valence-electron chi connectivity index (χ2n) is 5.49. The molecule has 0 atom stereocenters. The van der Waals surface area contributed by atoms with Gasteiger partial charge in [-0.2, -0.15) is 0 Å². The molecular weight excluding hydrogens is 238 g/mol. The molecule has 3 heteroatoms. The van der Waals surface area contributed by atoms with Gasteiger partial charge in [-0.25, -0.2) is 0 Å². The highest BCUT2D eigenvalue weighted by Gasteiger charge is 2.23. The van der Waals surface area contributed by atoms with E-state index in [1.807, 2.05) is 29.2 Å². The minimum Gasteiger partial charge on any atom is -0.380 e.